The van der Waals surface area contributed by atoms with Crippen LogP contribution in [0.3, 0.4) is 0 Å². The van der Waals surface area contributed by atoms with Crippen LogP contribution in [0.2, 0.25) is 0 Å². The van der Waals surface area contributed by atoms with Gasteiger partial charge in [0.05, 0.1) is 25.8 Å². The van der Waals surface area contributed by atoms with Crippen LogP contribution in [-0.4, -0.2) is 23.6 Å². The second-order valence-electron chi connectivity index (χ2n) is 7.91. The van der Waals surface area contributed by atoms with E-state index in [1.54, 1.807) is 36.4 Å². The molecule has 0 radical (unpaired) electrons. The van der Waals surface area contributed by atoms with Gasteiger partial charge in [-0.2, -0.15) is 0 Å². The number of carbonyl (C=O) groups excluding carboxylic acids is 2. The van der Waals surface area contributed by atoms with Crippen molar-refractivity contribution < 1.29 is 23.1 Å². The van der Waals surface area contributed by atoms with E-state index in [1.807, 2.05) is 0 Å². The first-order chi connectivity index (χ1) is 17.8. The number of methoxy groups -OCH3 is 1. The fourth-order valence-corrected chi connectivity index (χ4v) is 4.26. The molecule has 1 N–H and O–H groups in total. The molecule has 38 heavy (non-hydrogen) atoms. The summed E-state index contributed by atoms with van der Waals surface area (Å²) in [6, 6.07) is 18.8. The number of rotatable bonds is 7. The van der Waals surface area contributed by atoms with E-state index in [1.165, 1.54) is 54.1 Å². The number of nitrogens with one attached hydrogen (secondary N) is 1. The van der Waals surface area contributed by atoms with Crippen molar-refractivity contribution in [3.63, 3.8) is 0 Å². The van der Waals surface area contributed by atoms with Crippen molar-refractivity contribution in [2.75, 3.05) is 12.4 Å². The molecule has 0 fully saturated rings. The quantitative estimate of drug-likeness (QED) is 0.303. The Hall–Kier alpha value is -3.96. The van der Waals surface area contributed by atoms with Gasteiger partial charge < -0.3 is 10.1 Å². The first-order valence-corrected chi connectivity index (χ1v) is 11.9. The van der Waals surface area contributed by atoms with Gasteiger partial charge in [-0.1, -0.05) is 35.6 Å². The molecule has 1 heterocycles. The van der Waals surface area contributed by atoms with Gasteiger partial charge in [-0.25, -0.2) is 13.6 Å². The number of hydrogen-bond acceptors (Lipinski definition) is 6. The summed E-state index contributed by atoms with van der Waals surface area (Å²) >= 11 is 1.01. The van der Waals surface area contributed by atoms with Crippen molar-refractivity contribution in [2.45, 2.75) is 13.1 Å². The van der Waals surface area contributed by atoms with Crippen LogP contribution < -0.4 is 15.7 Å². The molecular formula is C27H22BrF2N3O4S. The zero-order chi connectivity index (χ0) is 26.4. The standard InChI is InChI=1S/C27H21F2N3O4S.BrH/c1-36-26(35)19-6-12-22(13-7-19)31-25(34)23-14-24(33)32(16-18-4-10-21(29)11-5-18)27(37-23)30-15-17-2-8-20(28)9-3-17;/h2-14H,15-16H2,1H3,(H,31,34);1H. The fourth-order valence-electron chi connectivity index (χ4n) is 3.36. The van der Waals surface area contributed by atoms with Crippen LogP contribution in [0, 0.1) is 11.6 Å². The van der Waals surface area contributed by atoms with Crippen LogP contribution >= 0.6 is 28.3 Å². The number of nitrogens with zero attached hydrogens (tertiary/aromatic N) is 2. The van der Waals surface area contributed by atoms with Gasteiger partial charge in [0.15, 0.2) is 4.80 Å². The molecule has 1 amide bonds. The van der Waals surface area contributed by atoms with Gasteiger partial charge in [-0.15, -0.1) is 17.0 Å². The summed E-state index contributed by atoms with van der Waals surface area (Å²) in [5.41, 5.74) is 1.68. The number of halogens is 3. The number of ether oxygens (including phenoxy) is 1. The normalized spacial score (nSPS) is 11.0. The first-order valence-electron chi connectivity index (χ1n) is 11.1. The van der Waals surface area contributed by atoms with Gasteiger partial charge in [0.2, 0.25) is 0 Å². The Morgan fingerprint density at radius 3 is 2.08 bits per heavy atom. The summed E-state index contributed by atoms with van der Waals surface area (Å²) in [5.74, 6) is -1.80. The van der Waals surface area contributed by atoms with E-state index in [0.29, 0.717) is 16.8 Å². The van der Waals surface area contributed by atoms with Crippen molar-refractivity contribution in [1.29, 1.82) is 0 Å². The number of hydrogen-bond donors (Lipinski definition) is 1. The second-order valence-corrected chi connectivity index (χ2v) is 8.92. The van der Waals surface area contributed by atoms with Gasteiger partial charge in [0.25, 0.3) is 11.5 Å². The molecule has 0 saturated carbocycles. The van der Waals surface area contributed by atoms with E-state index in [-0.39, 0.29) is 45.6 Å². The summed E-state index contributed by atoms with van der Waals surface area (Å²) in [5, 5.41) is 2.70. The lowest BCUT2D eigenvalue weighted by Gasteiger charge is -2.10. The van der Waals surface area contributed by atoms with Gasteiger partial charge in [0, 0.05) is 11.8 Å². The Morgan fingerprint density at radius 2 is 1.50 bits per heavy atom. The molecule has 0 saturated heterocycles. The number of amides is 1. The molecule has 0 aliphatic heterocycles. The number of anilines is 1. The van der Waals surface area contributed by atoms with Crippen LogP contribution in [0.5, 0.6) is 0 Å². The Bertz CT molecular complexity index is 1550. The van der Waals surface area contributed by atoms with Crippen molar-refractivity contribution in [3.05, 3.63) is 127 Å². The number of benzene rings is 3. The van der Waals surface area contributed by atoms with Crippen molar-refractivity contribution in [3.8, 4) is 0 Å². The molecular weight excluding hydrogens is 580 g/mol. The van der Waals surface area contributed by atoms with E-state index in [4.69, 9.17) is 0 Å². The molecule has 0 bridgehead atoms. The maximum absolute atomic E-state index is 13.3. The van der Waals surface area contributed by atoms with Gasteiger partial charge in [0.1, 0.15) is 16.5 Å². The highest BCUT2D eigenvalue weighted by Gasteiger charge is 2.13. The third-order valence-electron chi connectivity index (χ3n) is 5.30. The molecule has 0 atom stereocenters. The first kappa shape index (κ1) is 28.6. The molecule has 4 aromatic rings. The maximum Gasteiger partial charge on any atom is 0.337 e. The molecule has 3 aromatic carbocycles. The predicted octanol–water partition coefficient (Wildman–Crippen LogP) is 4.95. The zero-order valence-electron chi connectivity index (χ0n) is 20.0. The highest BCUT2D eigenvalue weighted by molar-refractivity contribution is 8.93. The van der Waals surface area contributed by atoms with Crippen LogP contribution in [0.15, 0.2) is 88.6 Å². The largest absolute Gasteiger partial charge is 0.465 e. The molecule has 4 rings (SSSR count). The summed E-state index contributed by atoms with van der Waals surface area (Å²) in [7, 11) is 1.27. The van der Waals surface area contributed by atoms with E-state index >= 15 is 0 Å². The monoisotopic (exact) mass is 601 g/mol. The average molecular weight is 602 g/mol. The Labute approximate surface area is 230 Å². The number of esters is 1. The molecule has 7 nitrogen and oxygen atoms in total. The van der Waals surface area contributed by atoms with Crippen LogP contribution in [-0.2, 0) is 17.8 Å². The lowest BCUT2D eigenvalue weighted by molar-refractivity contribution is 0.0600. The van der Waals surface area contributed by atoms with Gasteiger partial charge >= 0.3 is 5.97 Å². The fraction of sp³-hybridized carbons (Fsp3) is 0.111. The average Bonchev–Trinajstić information content (AvgIpc) is 2.90. The molecule has 1 aromatic heterocycles. The highest BCUT2D eigenvalue weighted by atomic mass is 79.9. The van der Waals surface area contributed by atoms with Crippen LogP contribution in [0.4, 0.5) is 14.5 Å². The Kier molecular flexibility index (Phi) is 9.80. The summed E-state index contributed by atoms with van der Waals surface area (Å²) in [6.07, 6.45) is 0. The van der Waals surface area contributed by atoms with E-state index in [0.717, 1.165) is 16.9 Å². The van der Waals surface area contributed by atoms with E-state index < -0.39 is 23.3 Å². The molecule has 0 aliphatic rings. The lowest BCUT2D eigenvalue weighted by Crippen LogP contribution is -2.33. The van der Waals surface area contributed by atoms with Gasteiger partial charge in [-0.3, -0.25) is 19.1 Å². The third kappa shape index (κ3) is 7.30. The summed E-state index contributed by atoms with van der Waals surface area (Å²) < 4.78 is 32.7. The minimum absolute atomic E-state index is 0. The minimum Gasteiger partial charge on any atom is -0.465 e. The topological polar surface area (TPSA) is 89.8 Å². The van der Waals surface area contributed by atoms with Crippen LogP contribution in [0.1, 0.15) is 31.2 Å². The second kappa shape index (κ2) is 13.0. The van der Waals surface area contributed by atoms with Crippen molar-refractivity contribution in [1.82, 2.24) is 4.57 Å². The zero-order valence-corrected chi connectivity index (χ0v) is 22.5. The summed E-state index contributed by atoms with van der Waals surface area (Å²) in [4.78, 5) is 42.5. The minimum atomic E-state index is -0.528. The molecule has 0 aliphatic carbocycles. The molecule has 196 valence electrons. The molecule has 11 heteroatoms. The summed E-state index contributed by atoms with van der Waals surface area (Å²) in [6.45, 7) is 0.272. The maximum atomic E-state index is 13.3. The van der Waals surface area contributed by atoms with E-state index in [2.05, 4.69) is 15.0 Å². The smallest absolute Gasteiger partial charge is 0.337 e. The van der Waals surface area contributed by atoms with Crippen molar-refractivity contribution >= 4 is 45.9 Å². The van der Waals surface area contributed by atoms with Crippen LogP contribution in [0.25, 0.3) is 0 Å². The van der Waals surface area contributed by atoms with E-state index in [9.17, 15) is 23.2 Å². The highest BCUT2D eigenvalue weighted by Crippen LogP contribution is 2.13. The van der Waals surface area contributed by atoms with Gasteiger partial charge in [-0.05, 0) is 59.7 Å². The SMILES string of the molecule is Br.COC(=O)c1ccc(NC(=O)c2cc(=O)n(Cc3ccc(F)cc3)c(=NCc3ccc(F)cc3)s2)cc1. The number of carbonyl (C=O) groups is 2. The molecule has 0 unspecified atom stereocenters. The lowest BCUT2D eigenvalue weighted by atomic mass is 10.2. The Balaban J connectivity index is 0.00000400. The molecule has 0 spiro atoms. The third-order valence-corrected chi connectivity index (χ3v) is 6.36. The predicted molar refractivity (Wildman–Crippen MR) is 146 cm³/mol. The number of aromatic nitrogens is 1. The Morgan fingerprint density at radius 1 is 0.921 bits per heavy atom. The van der Waals surface area contributed by atoms with Crippen molar-refractivity contribution in [2.24, 2.45) is 4.99 Å².